The summed E-state index contributed by atoms with van der Waals surface area (Å²) in [5, 5.41) is 3.32. The second-order valence-corrected chi connectivity index (χ2v) is 7.53. The van der Waals surface area contributed by atoms with Gasteiger partial charge in [0, 0.05) is 21.7 Å². The lowest BCUT2D eigenvalue weighted by Gasteiger charge is -2.21. The molecule has 0 saturated carbocycles. The van der Waals surface area contributed by atoms with Crippen LogP contribution in [-0.2, 0) is 4.79 Å². The van der Waals surface area contributed by atoms with Crippen LogP contribution in [-0.4, -0.2) is 23.6 Å². The van der Waals surface area contributed by atoms with Gasteiger partial charge < -0.3 is 10.1 Å². The first-order valence-electron chi connectivity index (χ1n) is 9.42. The third-order valence-electron chi connectivity index (χ3n) is 5.02. The molecule has 0 spiro atoms. The molecule has 1 aliphatic carbocycles. The van der Waals surface area contributed by atoms with Gasteiger partial charge in [0.1, 0.15) is 5.75 Å². The first-order valence-corrected chi connectivity index (χ1v) is 9.79. The summed E-state index contributed by atoms with van der Waals surface area (Å²) in [6.45, 7) is 3.45. The fraction of sp³-hybridized carbons (Fsp3) is 0.125. The molecule has 30 heavy (non-hydrogen) atoms. The molecule has 6 heteroatoms. The van der Waals surface area contributed by atoms with Crippen LogP contribution in [0.3, 0.4) is 0 Å². The van der Waals surface area contributed by atoms with E-state index in [0.29, 0.717) is 21.9 Å². The molecule has 1 N–H and O–H groups in total. The Morgan fingerprint density at radius 2 is 1.60 bits per heavy atom. The lowest BCUT2D eigenvalue weighted by atomic mass is 9.83. The van der Waals surface area contributed by atoms with E-state index in [1.54, 1.807) is 67.6 Å². The van der Waals surface area contributed by atoms with Gasteiger partial charge in [-0.3, -0.25) is 14.4 Å². The van der Waals surface area contributed by atoms with Gasteiger partial charge in [-0.25, -0.2) is 0 Å². The van der Waals surface area contributed by atoms with Gasteiger partial charge in [0.05, 0.1) is 11.3 Å². The monoisotopic (exact) mass is 419 g/mol. The van der Waals surface area contributed by atoms with E-state index in [0.717, 1.165) is 5.56 Å². The van der Waals surface area contributed by atoms with Crippen molar-refractivity contribution in [2.75, 3.05) is 5.32 Å². The van der Waals surface area contributed by atoms with Crippen molar-refractivity contribution in [2.45, 2.75) is 20.0 Å². The normalized spacial score (nSPS) is 13.3. The van der Waals surface area contributed by atoms with Crippen LogP contribution in [0.1, 0.15) is 44.3 Å². The van der Waals surface area contributed by atoms with E-state index in [4.69, 9.17) is 16.3 Å². The van der Waals surface area contributed by atoms with Crippen molar-refractivity contribution < 1.29 is 19.1 Å². The number of amides is 1. The zero-order chi connectivity index (χ0) is 21.4. The van der Waals surface area contributed by atoms with Crippen LogP contribution in [0.2, 0.25) is 5.02 Å². The highest BCUT2D eigenvalue weighted by molar-refractivity contribution is 6.31. The summed E-state index contributed by atoms with van der Waals surface area (Å²) in [5.74, 6) is -0.426. The Morgan fingerprint density at radius 3 is 2.30 bits per heavy atom. The van der Waals surface area contributed by atoms with Gasteiger partial charge in [0.25, 0.3) is 5.91 Å². The molecule has 0 aliphatic heterocycles. The molecule has 150 valence electrons. The number of anilines is 1. The summed E-state index contributed by atoms with van der Waals surface area (Å²) >= 11 is 5.96. The topological polar surface area (TPSA) is 72.5 Å². The molecule has 3 aromatic rings. The Hall–Kier alpha value is -3.44. The summed E-state index contributed by atoms with van der Waals surface area (Å²) in [4.78, 5) is 38.6. The minimum absolute atomic E-state index is 0.199. The predicted octanol–water partition coefficient (Wildman–Crippen LogP) is 4.83. The summed E-state index contributed by atoms with van der Waals surface area (Å²) in [6.07, 6.45) is -0.831. The molecule has 0 aromatic heterocycles. The average molecular weight is 420 g/mol. The zero-order valence-electron chi connectivity index (χ0n) is 16.4. The number of ether oxygens (including phenoxy) is 1. The van der Waals surface area contributed by atoms with Crippen molar-refractivity contribution >= 4 is 34.8 Å². The number of rotatable bonds is 4. The number of aryl methyl sites for hydroxylation is 1. The number of nitrogens with one attached hydrogen (secondary N) is 1. The molecule has 1 atom stereocenters. The van der Waals surface area contributed by atoms with Crippen molar-refractivity contribution in [3.8, 4) is 5.75 Å². The number of carbonyl (C=O) groups excluding carboxylic acids is 3. The quantitative estimate of drug-likeness (QED) is 0.514. The van der Waals surface area contributed by atoms with Crippen molar-refractivity contribution in [2.24, 2.45) is 0 Å². The van der Waals surface area contributed by atoms with Crippen LogP contribution in [0.4, 0.5) is 5.69 Å². The highest BCUT2D eigenvalue weighted by Gasteiger charge is 2.32. The molecule has 1 amide bonds. The Kier molecular flexibility index (Phi) is 5.14. The second kappa shape index (κ2) is 7.76. The third kappa shape index (κ3) is 3.48. The largest absolute Gasteiger partial charge is 0.481 e. The van der Waals surface area contributed by atoms with Crippen LogP contribution in [0, 0.1) is 6.92 Å². The highest BCUT2D eigenvalue weighted by Crippen LogP contribution is 2.32. The van der Waals surface area contributed by atoms with Crippen molar-refractivity contribution in [3.05, 3.63) is 93.5 Å². The van der Waals surface area contributed by atoms with Crippen LogP contribution in [0.15, 0.2) is 60.7 Å². The van der Waals surface area contributed by atoms with E-state index >= 15 is 0 Å². The lowest BCUT2D eigenvalue weighted by Crippen LogP contribution is -2.32. The summed E-state index contributed by atoms with van der Waals surface area (Å²) in [6, 6.07) is 16.7. The van der Waals surface area contributed by atoms with Gasteiger partial charge in [0.2, 0.25) is 0 Å². The molecule has 0 radical (unpaired) electrons. The van der Waals surface area contributed by atoms with Gasteiger partial charge in [-0.05, 0) is 43.7 Å². The number of carbonyl (C=O) groups is 3. The number of fused-ring (bicyclic) bond motifs is 2. The first kappa shape index (κ1) is 19.9. The number of benzene rings is 3. The molecule has 0 heterocycles. The standard InChI is InChI=1S/C24H18ClNO4/c1-13-12-15(25)10-11-20(13)30-14(2)24(29)26-19-9-5-8-18-21(19)23(28)17-7-4-3-6-16(17)22(18)27/h3-12,14H,1-2H3,(H,26,29)/t14-/m1/s1. The Morgan fingerprint density at radius 1 is 0.933 bits per heavy atom. The molecule has 0 unspecified atom stereocenters. The fourth-order valence-corrected chi connectivity index (χ4v) is 3.70. The molecular weight excluding hydrogens is 402 g/mol. The Bertz CT molecular complexity index is 1200. The van der Waals surface area contributed by atoms with E-state index in [1.807, 2.05) is 6.92 Å². The predicted molar refractivity (Wildman–Crippen MR) is 115 cm³/mol. The minimum Gasteiger partial charge on any atom is -0.481 e. The van der Waals surface area contributed by atoms with Crippen LogP contribution < -0.4 is 10.1 Å². The van der Waals surface area contributed by atoms with Crippen LogP contribution >= 0.6 is 11.6 Å². The number of hydrogen-bond acceptors (Lipinski definition) is 4. The summed E-state index contributed by atoms with van der Waals surface area (Å²) in [5.41, 5.74) is 2.26. The lowest BCUT2D eigenvalue weighted by molar-refractivity contribution is -0.122. The van der Waals surface area contributed by atoms with Crippen molar-refractivity contribution in [3.63, 3.8) is 0 Å². The average Bonchev–Trinajstić information content (AvgIpc) is 2.73. The maximum Gasteiger partial charge on any atom is 0.265 e. The molecular formula is C24H18ClNO4. The van der Waals surface area contributed by atoms with Crippen LogP contribution in [0.25, 0.3) is 0 Å². The van der Waals surface area contributed by atoms with Gasteiger partial charge in [-0.15, -0.1) is 0 Å². The van der Waals surface area contributed by atoms with E-state index in [9.17, 15) is 14.4 Å². The molecule has 4 rings (SSSR count). The van der Waals surface area contributed by atoms with Gasteiger partial charge >= 0.3 is 0 Å². The zero-order valence-corrected chi connectivity index (χ0v) is 17.1. The van der Waals surface area contributed by atoms with Gasteiger partial charge in [-0.1, -0.05) is 48.0 Å². The summed E-state index contributed by atoms with van der Waals surface area (Å²) < 4.78 is 5.76. The summed E-state index contributed by atoms with van der Waals surface area (Å²) in [7, 11) is 0. The molecule has 0 saturated heterocycles. The Labute approximate surface area is 178 Å². The number of hydrogen-bond donors (Lipinski definition) is 1. The molecule has 1 aliphatic rings. The molecule has 5 nitrogen and oxygen atoms in total. The van der Waals surface area contributed by atoms with Crippen molar-refractivity contribution in [1.29, 1.82) is 0 Å². The van der Waals surface area contributed by atoms with Crippen LogP contribution in [0.5, 0.6) is 5.75 Å². The molecule has 3 aromatic carbocycles. The van der Waals surface area contributed by atoms with E-state index in [2.05, 4.69) is 5.32 Å². The fourth-order valence-electron chi connectivity index (χ4n) is 3.47. The van der Waals surface area contributed by atoms with Gasteiger partial charge in [0.15, 0.2) is 17.7 Å². The molecule has 0 bridgehead atoms. The first-order chi connectivity index (χ1) is 14.4. The Balaban J connectivity index is 1.61. The molecule has 0 fully saturated rings. The SMILES string of the molecule is Cc1cc(Cl)ccc1O[C@H](C)C(=O)Nc1cccc2c1C(=O)c1ccccc1C2=O. The van der Waals surface area contributed by atoms with Crippen molar-refractivity contribution in [1.82, 2.24) is 0 Å². The maximum absolute atomic E-state index is 13.0. The van der Waals surface area contributed by atoms with Gasteiger partial charge in [-0.2, -0.15) is 0 Å². The number of ketones is 2. The minimum atomic E-state index is -0.831. The second-order valence-electron chi connectivity index (χ2n) is 7.09. The smallest absolute Gasteiger partial charge is 0.265 e. The third-order valence-corrected chi connectivity index (χ3v) is 5.26. The maximum atomic E-state index is 13.0. The highest BCUT2D eigenvalue weighted by atomic mass is 35.5. The van der Waals surface area contributed by atoms with E-state index in [-0.39, 0.29) is 28.4 Å². The van der Waals surface area contributed by atoms with E-state index < -0.39 is 12.0 Å². The van der Waals surface area contributed by atoms with E-state index in [1.165, 1.54) is 0 Å². The number of halogens is 1.